The van der Waals surface area contributed by atoms with Crippen molar-refractivity contribution in [2.45, 2.75) is 25.0 Å². The number of carbonyl (C=O) groups excluding carboxylic acids is 1. The maximum absolute atomic E-state index is 12.2. The van der Waals surface area contributed by atoms with E-state index < -0.39 is 0 Å². The molecule has 0 aliphatic carbocycles. The van der Waals surface area contributed by atoms with E-state index in [2.05, 4.69) is 10.2 Å². The standard InChI is InChI=1S/C15H16N2O4S/c1-9(2)14-16-17-15(21-14)22-8-11(18)10-3-4-12-13(7-10)20-6-5-19-12/h3-4,7,9H,5-6,8H2,1-2H3. The maximum Gasteiger partial charge on any atom is 0.277 e. The fourth-order valence-electron chi connectivity index (χ4n) is 1.94. The normalized spacial score (nSPS) is 13.4. The molecule has 0 N–H and O–H groups in total. The topological polar surface area (TPSA) is 74.5 Å². The third-order valence-electron chi connectivity index (χ3n) is 3.11. The van der Waals surface area contributed by atoms with Crippen molar-refractivity contribution in [1.82, 2.24) is 10.2 Å². The van der Waals surface area contributed by atoms with Gasteiger partial charge in [-0.15, -0.1) is 10.2 Å². The van der Waals surface area contributed by atoms with Crippen LogP contribution >= 0.6 is 11.8 Å². The molecule has 0 saturated heterocycles. The Kier molecular flexibility index (Phi) is 4.33. The van der Waals surface area contributed by atoms with Crippen LogP contribution in [0.5, 0.6) is 11.5 Å². The van der Waals surface area contributed by atoms with Gasteiger partial charge in [-0.05, 0) is 18.2 Å². The lowest BCUT2D eigenvalue weighted by molar-refractivity contribution is 0.102. The zero-order valence-electron chi connectivity index (χ0n) is 12.4. The second-order valence-electron chi connectivity index (χ2n) is 5.13. The van der Waals surface area contributed by atoms with Crippen LogP contribution in [0, 0.1) is 0 Å². The first-order valence-electron chi connectivity index (χ1n) is 7.02. The number of nitrogens with zero attached hydrogens (tertiary/aromatic N) is 2. The van der Waals surface area contributed by atoms with Crippen molar-refractivity contribution in [1.29, 1.82) is 0 Å². The molecule has 1 aliphatic rings. The van der Waals surface area contributed by atoms with Gasteiger partial charge in [0.05, 0.1) is 5.75 Å². The first-order chi connectivity index (χ1) is 10.6. The molecule has 3 rings (SSSR count). The van der Waals surface area contributed by atoms with Gasteiger partial charge in [0.25, 0.3) is 5.22 Å². The van der Waals surface area contributed by atoms with E-state index in [1.54, 1.807) is 18.2 Å². The van der Waals surface area contributed by atoms with Gasteiger partial charge in [-0.1, -0.05) is 25.6 Å². The minimum Gasteiger partial charge on any atom is -0.486 e. The molecule has 2 heterocycles. The minimum atomic E-state index is -0.0220. The average Bonchev–Trinajstić information content (AvgIpc) is 3.01. The van der Waals surface area contributed by atoms with Crippen LogP contribution in [0.2, 0.25) is 0 Å². The number of Topliss-reactive ketones (excluding diaryl/α,β-unsaturated/α-hetero) is 1. The first kappa shape index (κ1) is 14.9. The van der Waals surface area contributed by atoms with Gasteiger partial charge < -0.3 is 13.9 Å². The van der Waals surface area contributed by atoms with Crippen molar-refractivity contribution in [2.75, 3.05) is 19.0 Å². The fourth-order valence-corrected chi connectivity index (χ4v) is 2.60. The highest BCUT2D eigenvalue weighted by atomic mass is 32.2. The Morgan fingerprint density at radius 1 is 1.23 bits per heavy atom. The summed E-state index contributed by atoms with van der Waals surface area (Å²) >= 11 is 1.24. The number of aromatic nitrogens is 2. The molecule has 1 aromatic carbocycles. The van der Waals surface area contributed by atoms with Crippen LogP contribution in [0.15, 0.2) is 27.8 Å². The number of thioether (sulfide) groups is 1. The molecule has 0 spiro atoms. The highest BCUT2D eigenvalue weighted by molar-refractivity contribution is 7.99. The molecule has 0 fully saturated rings. The second-order valence-corrected chi connectivity index (χ2v) is 6.06. The van der Waals surface area contributed by atoms with Crippen LogP contribution in [-0.4, -0.2) is 34.9 Å². The quantitative estimate of drug-likeness (QED) is 0.619. The number of ketones is 1. The minimum absolute atomic E-state index is 0.0220. The summed E-state index contributed by atoms with van der Waals surface area (Å²) in [6.07, 6.45) is 0. The highest BCUT2D eigenvalue weighted by Gasteiger charge is 2.16. The molecule has 2 aromatic rings. The second kappa shape index (κ2) is 6.39. The molecule has 1 aromatic heterocycles. The van der Waals surface area contributed by atoms with Gasteiger partial charge in [0.15, 0.2) is 17.3 Å². The molecular formula is C15H16N2O4S. The molecule has 0 atom stereocenters. The van der Waals surface area contributed by atoms with Gasteiger partial charge >= 0.3 is 0 Å². The summed E-state index contributed by atoms with van der Waals surface area (Å²) in [5.74, 6) is 2.26. The van der Waals surface area contributed by atoms with Gasteiger partial charge in [0, 0.05) is 11.5 Å². The van der Waals surface area contributed by atoms with E-state index in [1.165, 1.54) is 11.8 Å². The van der Waals surface area contributed by atoms with E-state index >= 15 is 0 Å². The third-order valence-corrected chi connectivity index (χ3v) is 3.93. The van der Waals surface area contributed by atoms with Crippen molar-refractivity contribution in [3.63, 3.8) is 0 Å². The van der Waals surface area contributed by atoms with Crippen LogP contribution in [0.3, 0.4) is 0 Å². The predicted octanol–water partition coefficient (Wildman–Crippen LogP) is 2.94. The largest absolute Gasteiger partial charge is 0.486 e. The molecule has 22 heavy (non-hydrogen) atoms. The summed E-state index contributed by atoms with van der Waals surface area (Å²) in [6.45, 7) is 4.98. The Morgan fingerprint density at radius 2 is 2.00 bits per heavy atom. The Labute approximate surface area is 132 Å². The van der Waals surface area contributed by atoms with Gasteiger partial charge in [-0.2, -0.15) is 0 Å². The van der Waals surface area contributed by atoms with Crippen LogP contribution in [-0.2, 0) is 0 Å². The molecular weight excluding hydrogens is 304 g/mol. The molecule has 0 bridgehead atoms. The fraction of sp³-hybridized carbons (Fsp3) is 0.400. The zero-order valence-corrected chi connectivity index (χ0v) is 13.2. The van der Waals surface area contributed by atoms with Crippen molar-refractivity contribution in [3.8, 4) is 11.5 Å². The van der Waals surface area contributed by atoms with E-state index in [4.69, 9.17) is 13.9 Å². The number of carbonyl (C=O) groups is 1. The van der Waals surface area contributed by atoms with E-state index in [0.29, 0.717) is 41.4 Å². The summed E-state index contributed by atoms with van der Waals surface area (Å²) < 4.78 is 16.4. The number of ether oxygens (including phenoxy) is 2. The highest BCUT2D eigenvalue weighted by Crippen LogP contribution is 2.31. The summed E-state index contributed by atoms with van der Waals surface area (Å²) in [5, 5.41) is 8.27. The van der Waals surface area contributed by atoms with Crippen molar-refractivity contribution in [3.05, 3.63) is 29.7 Å². The molecule has 1 aliphatic heterocycles. The summed E-state index contributed by atoms with van der Waals surface area (Å²) in [4.78, 5) is 12.2. The Bertz CT molecular complexity index is 684. The number of rotatable bonds is 5. The molecule has 6 nitrogen and oxygen atoms in total. The number of hydrogen-bond donors (Lipinski definition) is 0. The molecule has 0 radical (unpaired) electrons. The number of fused-ring (bicyclic) bond motifs is 1. The smallest absolute Gasteiger partial charge is 0.277 e. The van der Waals surface area contributed by atoms with E-state index in [-0.39, 0.29) is 17.5 Å². The van der Waals surface area contributed by atoms with Crippen molar-refractivity contribution >= 4 is 17.5 Å². The number of benzene rings is 1. The van der Waals surface area contributed by atoms with Crippen LogP contribution in [0.25, 0.3) is 0 Å². The predicted molar refractivity (Wildman–Crippen MR) is 80.9 cm³/mol. The molecule has 116 valence electrons. The lowest BCUT2D eigenvalue weighted by Gasteiger charge is -2.18. The van der Waals surface area contributed by atoms with E-state index in [9.17, 15) is 4.79 Å². The van der Waals surface area contributed by atoms with Crippen LogP contribution in [0.4, 0.5) is 0 Å². The molecule has 0 unspecified atom stereocenters. The zero-order chi connectivity index (χ0) is 15.5. The SMILES string of the molecule is CC(C)c1nnc(SCC(=O)c2ccc3c(c2)OCCO3)o1. The Balaban J connectivity index is 1.64. The molecule has 0 amide bonds. The van der Waals surface area contributed by atoms with Crippen molar-refractivity contribution in [2.24, 2.45) is 0 Å². The van der Waals surface area contributed by atoms with Crippen LogP contribution in [0.1, 0.15) is 36.0 Å². The van der Waals surface area contributed by atoms with Crippen LogP contribution < -0.4 is 9.47 Å². The van der Waals surface area contributed by atoms with Gasteiger partial charge in [0.1, 0.15) is 13.2 Å². The molecule has 7 heteroatoms. The Morgan fingerprint density at radius 3 is 2.73 bits per heavy atom. The lowest BCUT2D eigenvalue weighted by Crippen LogP contribution is -2.16. The monoisotopic (exact) mass is 320 g/mol. The summed E-state index contributed by atoms with van der Waals surface area (Å²) in [6, 6.07) is 5.21. The Hall–Kier alpha value is -2.02. The number of hydrogen-bond acceptors (Lipinski definition) is 7. The first-order valence-corrected chi connectivity index (χ1v) is 8.01. The maximum atomic E-state index is 12.2. The van der Waals surface area contributed by atoms with E-state index in [1.807, 2.05) is 13.8 Å². The van der Waals surface area contributed by atoms with Gasteiger partial charge in [-0.3, -0.25) is 4.79 Å². The molecule has 0 saturated carbocycles. The van der Waals surface area contributed by atoms with E-state index in [0.717, 1.165) is 0 Å². The summed E-state index contributed by atoms with van der Waals surface area (Å²) in [5.41, 5.74) is 0.584. The van der Waals surface area contributed by atoms with Gasteiger partial charge in [0.2, 0.25) is 5.89 Å². The average molecular weight is 320 g/mol. The third kappa shape index (κ3) is 3.24. The van der Waals surface area contributed by atoms with Gasteiger partial charge in [-0.25, -0.2) is 0 Å². The van der Waals surface area contributed by atoms with Crippen molar-refractivity contribution < 1.29 is 18.7 Å². The lowest BCUT2D eigenvalue weighted by atomic mass is 10.1. The summed E-state index contributed by atoms with van der Waals surface area (Å²) in [7, 11) is 0.